The number of hydrogen-bond acceptors (Lipinski definition) is 4. The van der Waals surface area contributed by atoms with E-state index in [4.69, 9.17) is 0 Å². The van der Waals surface area contributed by atoms with Gasteiger partial charge in [0.15, 0.2) is 9.84 Å². The zero-order valence-electron chi connectivity index (χ0n) is 12.0. The number of carbonyl (C=O) groups excluding carboxylic acids is 1. The van der Waals surface area contributed by atoms with Crippen LogP contribution >= 0.6 is 0 Å². The van der Waals surface area contributed by atoms with E-state index < -0.39 is 9.84 Å². The molecular weight excluding hydrogens is 252 g/mol. The lowest BCUT2D eigenvalue weighted by Crippen LogP contribution is -2.41. The minimum absolute atomic E-state index is 0.0262. The number of amides is 1. The van der Waals surface area contributed by atoms with Crippen LogP contribution < -0.4 is 10.6 Å². The Labute approximate surface area is 111 Å². The van der Waals surface area contributed by atoms with Crippen molar-refractivity contribution in [1.29, 1.82) is 0 Å². The molecule has 1 amide bonds. The maximum atomic E-state index is 11.5. The van der Waals surface area contributed by atoms with E-state index in [0.717, 1.165) is 0 Å². The van der Waals surface area contributed by atoms with Gasteiger partial charge in [-0.2, -0.15) is 0 Å². The summed E-state index contributed by atoms with van der Waals surface area (Å²) in [6.45, 7) is 10.0. The lowest BCUT2D eigenvalue weighted by molar-refractivity contribution is -0.122. The van der Waals surface area contributed by atoms with Crippen LogP contribution in [0.5, 0.6) is 0 Å². The van der Waals surface area contributed by atoms with Gasteiger partial charge in [-0.25, -0.2) is 8.42 Å². The topological polar surface area (TPSA) is 75.3 Å². The Bertz CT molecular complexity index is 356. The quantitative estimate of drug-likeness (QED) is 0.672. The van der Waals surface area contributed by atoms with E-state index in [1.54, 1.807) is 13.8 Å². The summed E-state index contributed by atoms with van der Waals surface area (Å²) in [7, 11) is -2.99. The Morgan fingerprint density at radius 1 is 1.17 bits per heavy atom. The van der Waals surface area contributed by atoms with Crippen LogP contribution in [0.1, 0.15) is 41.0 Å². The molecule has 0 aliphatic heterocycles. The van der Waals surface area contributed by atoms with E-state index in [0.29, 0.717) is 19.5 Å². The molecule has 108 valence electrons. The lowest BCUT2D eigenvalue weighted by Gasteiger charge is -2.20. The first-order valence-corrected chi connectivity index (χ1v) is 7.99. The first-order chi connectivity index (χ1) is 8.04. The summed E-state index contributed by atoms with van der Waals surface area (Å²) in [6.07, 6.45) is 0.360. The van der Waals surface area contributed by atoms with E-state index in [2.05, 4.69) is 10.6 Å². The van der Waals surface area contributed by atoms with Crippen molar-refractivity contribution in [1.82, 2.24) is 10.6 Å². The minimum Gasteiger partial charge on any atom is -0.351 e. The van der Waals surface area contributed by atoms with Gasteiger partial charge in [-0.1, -0.05) is 0 Å². The fourth-order valence-electron chi connectivity index (χ4n) is 1.26. The molecule has 5 nitrogen and oxygen atoms in total. The van der Waals surface area contributed by atoms with Gasteiger partial charge in [0, 0.05) is 25.0 Å². The number of nitrogens with one attached hydrogen (secondary N) is 2. The fourth-order valence-corrected chi connectivity index (χ4v) is 2.16. The first-order valence-electron chi connectivity index (χ1n) is 6.28. The largest absolute Gasteiger partial charge is 0.351 e. The highest BCUT2D eigenvalue weighted by Crippen LogP contribution is 2.00. The Morgan fingerprint density at radius 2 is 1.72 bits per heavy atom. The lowest BCUT2D eigenvalue weighted by atomic mass is 10.1. The van der Waals surface area contributed by atoms with Crippen LogP contribution in [-0.2, 0) is 14.6 Å². The predicted octanol–water partition coefficient (Wildman–Crippen LogP) is 0.704. The molecule has 0 aliphatic rings. The number of carbonyl (C=O) groups is 1. The normalized spacial score (nSPS) is 12.8. The highest BCUT2D eigenvalue weighted by atomic mass is 32.2. The Morgan fingerprint density at radius 3 is 2.17 bits per heavy atom. The van der Waals surface area contributed by atoms with E-state index >= 15 is 0 Å². The summed E-state index contributed by atoms with van der Waals surface area (Å²) >= 11 is 0. The maximum absolute atomic E-state index is 11.5. The van der Waals surface area contributed by atoms with Crippen molar-refractivity contribution in [2.24, 2.45) is 0 Å². The highest BCUT2D eigenvalue weighted by Gasteiger charge is 2.15. The fraction of sp³-hybridized carbons (Fsp3) is 0.917. The van der Waals surface area contributed by atoms with Crippen molar-refractivity contribution in [3.05, 3.63) is 0 Å². The van der Waals surface area contributed by atoms with Crippen molar-refractivity contribution < 1.29 is 13.2 Å². The van der Waals surface area contributed by atoms with Crippen LogP contribution in [0.15, 0.2) is 0 Å². The van der Waals surface area contributed by atoms with E-state index in [1.165, 1.54) is 0 Å². The van der Waals surface area contributed by atoms with E-state index in [9.17, 15) is 13.2 Å². The maximum Gasteiger partial charge on any atom is 0.221 e. The third-order valence-electron chi connectivity index (χ3n) is 2.32. The van der Waals surface area contributed by atoms with Crippen LogP contribution in [0.2, 0.25) is 0 Å². The van der Waals surface area contributed by atoms with E-state index in [-0.39, 0.29) is 22.4 Å². The number of hydrogen-bond donors (Lipinski definition) is 2. The van der Waals surface area contributed by atoms with Crippen molar-refractivity contribution >= 4 is 15.7 Å². The molecule has 0 unspecified atom stereocenters. The molecule has 18 heavy (non-hydrogen) atoms. The van der Waals surface area contributed by atoms with Crippen molar-refractivity contribution in [2.75, 3.05) is 18.8 Å². The van der Waals surface area contributed by atoms with Gasteiger partial charge in [0.1, 0.15) is 0 Å². The van der Waals surface area contributed by atoms with Gasteiger partial charge in [0.05, 0.1) is 11.0 Å². The molecule has 0 aromatic rings. The molecule has 0 saturated carbocycles. The average molecular weight is 278 g/mol. The van der Waals surface area contributed by atoms with Gasteiger partial charge in [-0.15, -0.1) is 0 Å². The van der Waals surface area contributed by atoms with Gasteiger partial charge < -0.3 is 10.6 Å². The highest BCUT2D eigenvalue weighted by molar-refractivity contribution is 7.92. The second-order valence-electron chi connectivity index (χ2n) is 5.71. The molecule has 6 heteroatoms. The summed E-state index contributed by atoms with van der Waals surface area (Å²) in [4.78, 5) is 11.5. The second kappa shape index (κ2) is 7.09. The Hall–Kier alpha value is -0.620. The smallest absolute Gasteiger partial charge is 0.221 e. The standard InChI is InChI=1S/C12H26N2O3S/c1-10(2)18(16,17)9-8-13-7-6-11(15)14-12(3,4)5/h10,13H,6-9H2,1-5H3,(H,14,15). The summed E-state index contributed by atoms with van der Waals surface area (Å²) < 4.78 is 23.0. The van der Waals surface area contributed by atoms with Crippen molar-refractivity contribution in [3.63, 3.8) is 0 Å². The van der Waals surface area contributed by atoms with Crippen molar-refractivity contribution in [3.8, 4) is 0 Å². The molecule has 0 radical (unpaired) electrons. The molecule has 0 atom stereocenters. The van der Waals surface area contributed by atoms with Crippen LogP contribution in [0, 0.1) is 0 Å². The van der Waals surface area contributed by atoms with Gasteiger partial charge in [0.2, 0.25) is 5.91 Å². The second-order valence-corrected chi connectivity index (χ2v) is 8.39. The average Bonchev–Trinajstić information content (AvgIpc) is 2.13. The molecule has 2 N–H and O–H groups in total. The summed E-state index contributed by atoms with van der Waals surface area (Å²) in [6, 6.07) is 0. The van der Waals surface area contributed by atoms with Gasteiger partial charge in [-0.05, 0) is 34.6 Å². The summed E-state index contributed by atoms with van der Waals surface area (Å²) in [5, 5.41) is 5.48. The first kappa shape index (κ1) is 17.4. The van der Waals surface area contributed by atoms with Gasteiger partial charge in [0.25, 0.3) is 0 Å². The summed E-state index contributed by atoms with van der Waals surface area (Å²) in [5.41, 5.74) is -0.224. The number of sulfone groups is 1. The van der Waals surface area contributed by atoms with E-state index in [1.807, 2.05) is 20.8 Å². The molecule has 0 saturated heterocycles. The zero-order chi connectivity index (χ0) is 14.4. The van der Waals surface area contributed by atoms with Crippen LogP contribution in [-0.4, -0.2) is 44.0 Å². The Balaban J connectivity index is 3.73. The molecule has 0 rings (SSSR count). The van der Waals surface area contributed by atoms with Crippen molar-refractivity contribution in [2.45, 2.75) is 51.8 Å². The van der Waals surface area contributed by atoms with Crippen LogP contribution in [0.3, 0.4) is 0 Å². The molecule has 0 fully saturated rings. The molecule has 0 spiro atoms. The monoisotopic (exact) mass is 278 g/mol. The molecule has 0 aromatic carbocycles. The van der Waals surface area contributed by atoms with Gasteiger partial charge in [-0.3, -0.25) is 4.79 Å². The molecule has 0 bridgehead atoms. The molecular formula is C12H26N2O3S. The molecule has 0 aromatic heterocycles. The number of rotatable bonds is 7. The predicted molar refractivity (Wildman–Crippen MR) is 74.3 cm³/mol. The van der Waals surface area contributed by atoms with Gasteiger partial charge >= 0.3 is 0 Å². The molecule has 0 heterocycles. The minimum atomic E-state index is -2.99. The zero-order valence-corrected chi connectivity index (χ0v) is 12.9. The van der Waals surface area contributed by atoms with Crippen LogP contribution in [0.25, 0.3) is 0 Å². The third kappa shape index (κ3) is 8.47. The third-order valence-corrected chi connectivity index (χ3v) is 4.53. The van der Waals surface area contributed by atoms with Crippen LogP contribution in [0.4, 0.5) is 0 Å². The summed E-state index contributed by atoms with van der Waals surface area (Å²) in [5.74, 6) is 0.0904. The Kier molecular flexibility index (Phi) is 6.84. The molecule has 0 aliphatic carbocycles. The SMILES string of the molecule is CC(C)S(=O)(=O)CCNCCC(=O)NC(C)(C)C.